The predicted octanol–water partition coefficient (Wildman–Crippen LogP) is 7.80. The molecule has 2 bridgehead atoms. The maximum Gasteiger partial charge on any atom is 0.000266 e. The molecule has 0 heterocycles. The second-order valence-electron chi connectivity index (χ2n) is 11.2. The predicted molar refractivity (Wildman–Crippen MR) is 108 cm³/mol. The van der Waals surface area contributed by atoms with E-state index in [0.29, 0.717) is 0 Å². The van der Waals surface area contributed by atoms with E-state index >= 15 is 0 Å². The van der Waals surface area contributed by atoms with E-state index in [4.69, 9.17) is 0 Å². The molecule has 0 aromatic rings. The van der Waals surface area contributed by atoms with Crippen molar-refractivity contribution in [2.45, 2.75) is 96.9 Å². The molecule has 2 unspecified atom stereocenters. The van der Waals surface area contributed by atoms with Crippen LogP contribution in [0.3, 0.4) is 0 Å². The zero-order chi connectivity index (χ0) is 19.3. The molecule has 1 fully saturated rings. The maximum absolute atomic E-state index is 2.56. The fourth-order valence-corrected chi connectivity index (χ4v) is 7.28. The van der Waals surface area contributed by atoms with Gasteiger partial charge < -0.3 is 0 Å². The summed E-state index contributed by atoms with van der Waals surface area (Å²) in [5.74, 6) is 0. The Hall–Kier alpha value is -0.520. The van der Waals surface area contributed by atoms with E-state index in [1.54, 1.807) is 11.1 Å². The molecule has 138 valence electrons. The first kappa shape index (κ1) is 19.8. The minimum atomic E-state index is 0.136. The van der Waals surface area contributed by atoms with Crippen molar-refractivity contribution in [3.05, 3.63) is 22.3 Å². The van der Waals surface area contributed by atoms with Gasteiger partial charge >= 0.3 is 0 Å². The van der Waals surface area contributed by atoms with Crippen LogP contribution in [0.2, 0.25) is 0 Å². The lowest BCUT2D eigenvalue weighted by atomic mass is 9.26. The zero-order valence-electron chi connectivity index (χ0n) is 19.0. The average molecular weight is 331 g/mol. The summed E-state index contributed by atoms with van der Waals surface area (Å²) in [7, 11) is 0. The van der Waals surface area contributed by atoms with E-state index < -0.39 is 0 Å². The summed E-state index contributed by atoms with van der Waals surface area (Å²) in [6.07, 6.45) is 0. The van der Waals surface area contributed by atoms with Gasteiger partial charge in [0, 0.05) is 10.8 Å². The first-order valence-corrected chi connectivity index (χ1v) is 9.75. The van der Waals surface area contributed by atoms with E-state index in [2.05, 4.69) is 96.9 Å². The lowest BCUT2D eigenvalue weighted by Crippen LogP contribution is -2.72. The van der Waals surface area contributed by atoms with E-state index in [-0.39, 0.29) is 32.5 Å². The molecule has 0 radical (unpaired) electrons. The Labute approximate surface area is 152 Å². The number of hydrogen-bond acceptors (Lipinski definition) is 0. The summed E-state index contributed by atoms with van der Waals surface area (Å²) < 4.78 is 0. The van der Waals surface area contributed by atoms with Crippen molar-refractivity contribution in [2.75, 3.05) is 0 Å². The highest BCUT2D eigenvalue weighted by molar-refractivity contribution is 5.49. The van der Waals surface area contributed by atoms with Crippen LogP contribution in [-0.4, -0.2) is 0 Å². The Morgan fingerprint density at radius 1 is 0.375 bits per heavy atom. The minimum absolute atomic E-state index is 0.136. The monoisotopic (exact) mass is 330 g/mol. The van der Waals surface area contributed by atoms with Crippen LogP contribution >= 0.6 is 0 Å². The van der Waals surface area contributed by atoms with Crippen LogP contribution in [0.1, 0.15) is 96.9 Å². The van der Waals surface area contributed by atoms with Crippen molar-refractivity contribution < 1.29 is 0 Å². The SMILES string of the molecule is CC1=C(C)C2(C)C(C)(C)C(C)(C)C(C)(C)C(C)(C(C)=C1C)C2(C)C. The first-order valence-electron chi connectivity index (χ1n) is 9.75. The maximum atomic E-state index is 2.56. The van der Waals surface area contributed by atoms with Crippen LogP contribution in [-0.2, 0) is 0 Å². The highest BCUT2D eigenvalue weighted by Crippen LogP contribution is 2.82. The number of hydrogen-bond donors (Lipinski definition) is 0. The average Bonchev–Trinajstić information content (AvgIpc) is 2.49. The molecule has 0 aromatic carbocycles. The molecule has 0 amide bonds. The smallest absolute Gasteiger partial charge is 0.000266 e. The second-order valence-corrected chi connectivity index (χ2v) is 11.2. The molecule has 0 nitrogen and oxygen atoms in total. The van der Waals surface area contributed by atoms with E-state index in [1.807, 2.05) is 0 Å². The van der Waals surface area contributed by atoms with Crippen LogP contribution < -0.4 is 0 Å². The number of allylic oxidation sites excluding steroid dienone is 4. The van der Waals surface area contributed by atoms with Gasteiger partial charge in [-0.1, -0.05) is 80.4 Å². The van der Waals surface area contributed by atoms with Crippen molar-refractivity contribution in [1.29, 1.82) is 0 Å². The van der Waals surface area contributed by atoms with Gasteiger partial charge in [0.15, 0.2) is 0 Å². The summed E-state index contributed by atoms with van der Waals surface area (Å²) in [6.45, 7) is 34.9. The molecule has 2 atom stereocenters. The molecule has 0 spiro atoms. The van der Waals surface area contributed by atoms with Gasteiger partial charge in [-0.05, 0) is 60.5 Å². The highest BCUT2D eigenvalue weighted by Gasteiger charge is 2.76. The third-order valence-corrected chi connectivity index (χ3v) is 11.3. The van der Waals surface area contributed by atoms with Gasteiger partial charge in [0.1, 0.15) is 0 Å². The highest BCUT2D eigenvalue weighted by atomic mass is 14.8. The fourth-order valence-electron chi connectivity index (χ4n) is 7.28. The van der Waals surface area contributed by atoms with Crippen LogP contribution in [0.5, 0.6) is 0 Å². The van der Waals surface area contributed by atoms with Crippen LogP contribution in [0.25, 0.3) is 0 Å². The lowest BCUT2D eigenvalue weighted by molar-refractivity contribution is -0.268. The van der Waals surface area contributed by atoms with Crippen molar-refractivity contribution in [2.24, 2.45) is 32.5 Å². The van der Waals surface area contributed by atoms with Gasteiger partial charge in [-0.3, -0.25) is 0 Å². The molecule has 2 rings (SSSR count). The first-order chi connectivity index (χ1) is 10.4. The molecule has 1 saturated carbocycles. The molecule has 2 aliphatic carbocycles. The van der Waals surface area contributed by atoms with E-state index in [1.165, 1.54) is 11.1 Å². The Kier molecular flexibility index (Phi) is 3.80. The van der Waals surface area contributed by atoms with Crippen molar-refractivity contribution in [3.63, 3.8) is 0 Å². The molecule has 2 aliphatic rings. The van der Waals surface area contributed by atoms with E-state index in [9.17, 15) is 0 Å². The Balaban J connectivity index is 3.18. The van der Waals surface area contributed by atoms with Gasteiger partial charge in [-0.2, -0.15) is 0 Å². The van der Waals surface area contributed by atoms with Gasteiger partial charge in [0.2, 0.25) is 0 Å². The Bertz CT molecular complexity index is 594. The van der Waals surface area contributed by atoms with Crippen LogP contribution in [0.15, 0.2) is 22.3 Å². The minimum Gasteiger partial charge on any atom is -0.0631 e. The second kappa shape index (κ2) is 4.60. The largest absolute Gasteiger partial charge is 0.0631 e. The van der Waals surface area contributed by atoms with Gasteiger partial charge in [0.25, 0.3) is 0 Å². The van der Waals surface area contributed by atoms with Gasteiger partial charge in [-0.15, -0.1) is 0 Å². The fraction of sp³-hybridized carbons (Fsp3) is 0.833. The normalized spacial score (nSPS) is 39.8. The summed E-state index contributed by atoms with van der Waals surface area (Å²) in [5, 5.41) is 0. The van der Waals surface area contributed by atoms with Crippen molar-refractivity contribution in [3.8, 4) is 0 Å². The summed E-state index contributed by atoms with van der Waals surface area (Å²) in [5.41, 5.74) is 7.24. The van der Waals surface area contributed by atoms with Gasteiger partial charge in [0.05, 0.1) is 0 Å². The van der Waals surface area contributed by atoms with E-state index in [0.717, 1.165) is 0 Å². The number of rotatable bonds is 0. The summed E-state index contributed by atoms with van der Waals surface area (Å²) >= 11 is 0. The molecule has 24 heavy (non-hydrogen) atoms. The standard InChI is InChI=1S/C24H42/c1-15-16(2)18(4)24(14)21(9,10)19(5,6)20(7,8)23(13,17(15)3)22(24,11)12/h1-14H3. The van der Waals surface area contributed by atoms with Crippen LogP contribution in [0, 0.1) is 32.5 Å². The Morgan fingerprint density at radius 2 is 0.625 bits per heavy atom. The molecule has 0 heteroatoms. The summed E-state index contributed by atoms with van der Waals surface area (Å²) in [4.78, 5) is 0. The zero-order valence-corrected chi connectivity index (χ0v) is 19.0. The van der Waals surface area contributed by atoms with Crippen molar-refractivity contribution in [1.82, 2.24) is 0 Å². The molecular weight excluding hydrogens is 288 g/mol. The third kappa shape index (κ3) is 1.50. The molecule has 0 aromatic heterocycles. The van der Waals surface area contributed by atoms with Gasteiger partial charge in [-0.25, -0.2) is 0 Å². The topological polar surface area (TPSA) is 0 Å². The lowest BCUT2D eigenvalue weighted by Gasteiger charge is -2.78. The Morgan fingerprint density at radius 3 is 0.875 bits per heavy atom. The van der Waals surface area contributed by atoms with Crippen LogP contribution in [0.4, 0.5) is 0 Å². The molecule has 0 aliphatic heterocycles. The molecule has 0 saturated heterocycles. The molecular formula is C24H42. The molecule has 0 N–H and O–H groups in total. The van der Waals surface area contributed by atoms with Crippen molar-refractivity contribution >= 4 is 0 Å². The quantitative estimate of drug-likeness (QED) is 0.425. The third-order valence-electron chi connectivity index (χ3n) is 11.3. The number of fused-ring (bicyclic) bond motifs is 2. The summed E-state index contributed by atoms with van der Waals surface area (Å²) in [6, 6.07) is 0.